The second-order valence-corrected chi connectivity index (χ2v) is 5.59. The monoisotopic (exact) mass is 329 g/mol. The summed E-state index contributed by atoms with van der Waals surface area (Å²) in [7, 11) is 0. The second-order valence-electron chi connectivity index (χ2n) is 5.59. The molecule has 0 radical (unpaired) electrons. The Hall–Kier alpha value is -3.47. The van der Waals surface area contributed by atoms with E-state index in [1.54, 1.807) is 12.3 Å². The molecule has 4 aromatic rings. The van der Waals surface area contributed by atoms with Crippen molar-refractivity contribution in [1.29, 1.82) is 0 Å². The predicted molar refractivity (Wildman–Crippen MR) is 94.9 cm³/mol. The molecule has 2 heterocycles. The quantitative estimate of drug-likeness (QED) is 0.618. The van der Waals surface area contributed by atoms with Gasteiger partial charge in [0.05, 0.1) is 29.5 Å². The molecule has 0 saturated carbocycles. The summed E-state index contributed by atoms with van der Waals surface area (Å²) in [5.41, 5.74) is 2.98. The van der Waals surface area contributed by atoms with Crippen molar-refractivity contribution in [1.82, 2.24) is 15.3 Å². The molecule has 1 N–H and O–H groups in total. The molecule has 0 fully saturated rings. The summed E-state index contributed by atoms with van der Waals surface area (Å²) in [5.74, 6) is 0.386. The zero-order valence-electron chi connectivity index (χ0n) is 13.3. The molecule has 2 aromatic heterocycles. The Balaban J connectivity index is 1.54. The Kier molecular flexibility index (Phi) is 3.96. The van der Waals surface area contributed by atoms with Crippen molar-refractivity contribution in [3.05, 3.63) is 84.5 Å². The van der Waals surface area contributed by atoms with Crippen LogP contribution in [0, 0.1) is 0 Å². The molecule has 0 saturated heterocycles. The van der Waals surface area contributed by atoms with Gasteiger partial charge in [-0.3, -0.25) is 9.78 Å². The fourth-order valence-corrected chi connectivity index (χ4v) is 2.72. The van der Waals surface area contributed by atoms with Gasteiger partial charge in [0.25, 0.3) is 5.91 Å². The van der Waals surface area contributed by atoms with Crippen molar-refractivity contribution < 1.29 is 9.21 Å². The van der Waals surface area contributed by atoms with Crippen LogP contribution >= 0.6 is 0 Å². The smallest absolute Gasteiger partial charge is 0.252 e. The Labute approximate surface area is 144 Å². The van der Waals surface area contributed by atoms with E-state index in [2.05, 4.69) is 15.3 Å². The van der Waals surface area contributed by atoms with Gasteiger partial charge in [0.15, 0.2) is 12.2 Å². The topological polar surface area (TPSA) is 68.0 Å². The number of nitrogens with one attached hydrogen (secondary N) is 1. The van der Waals surface area contributed by atoms with E-state index in [0.29, 0.717) is 23.4 Å². The molecule has 2 aromatic carbocycles. The molecular formula is C20H15N3O2. The van der Waals surface area contributed by atoms with Crippen molar-refractivity contribution in [2.75, 3.05) is 0 Å². The highest BCUT2D eigenvalue weighted by Gasteiger charge is 2.14. The van der Waals surface area contributed by atoms with Crippen LogP contribution in [0.25, 0.3) is 22.2 Å². The number of rotatable bonds is 4. The molecule has 0 unspecified atom stereocenters. The van der Waals surface area contributed by atoms with Crippen molar-refractivity contribution in [3.63, 3.8) is 0 Å². The number of aromatic nitrogens is 2. The average Bonchev–Trinajstić information content (AvgIpc) is 3.20. The van der Waals surface area contributed by atoms with Crippen LogP contribution in [0.2, 0.25) is 0 Å². The number of hydrogen-bond donors (Lipinski definition) is 1. The summed E-state index contributed by atoms with van der Waals surface area (Å²) in [6.45, 7) is 0.356. The van der Waals surface area contributed by atoms with Gasteiger partial charge in [-0.05, 0) is 18.2 Å². The van der Waals surface area contributed by atoms with Crippen LogP contribution in [0.1, 0.15) is 16.1 Å². The molecule has 25 heavy (non-hydrogen) atoms. The maximum absolute atomic E-state index is 12.6. The van der Waals surface area contributed by atoms with Crippen molar-refractivity contribution >= 4 is 16.8 Å². The number of carbonyl (C=O) groups is 1. The molecule has 0 aliphatic rings. The summed E-state index contributed by atoms with van der Waals surface area (Å²) < 4.78 is 5.32. The SMILES string of the molecule is O=C(NCc1ccc2ccccc2n1)c1ccccc1-c1cnco1. The Morgan fingerprint density at radius 2 is 1.84 bits per heavy atom. The van der Waals surface area contributed by atoms with E-state index in [-0.39, 0.29) is 5.91 Å². The third-order valence-electron chi connectivity index (χ3n) is 3.96. The first-order chi connectivity index (χ1) is 12.3. The van der Waals surface area contributed by atoms with E-state index in [0.717, 1.165) is 16.6 Å². The third-order valence-corrected chi connectivity index (χ3v) is 3.96. The van der Waals surface area contributed by atoms with E-state index in [1.807, 2.05) is 54.6 Å². The fraction of sp³-hybridized carbons (Fsp3) is 0.0500. The molecule has 5 heteroatoms. The molecule has 0 bridgehead atoms. The maximum Gasteiger partial charge on any atom is 0.252 e. The summed E-state index contributed by atoms with van der Waals surface area (Å²) in [6.07, 6.45) is 2.94. The average molecular weight is 329 g/mol. The maximum atomic E-state index is 12.6. The van der Waals surface area contributed by atoms with Gasteiger partial charge in [-0.1, -0.05) is 42.5 Å². The van der Waals surface area contributed by atoms with E-state index in [4.69, 9.17) is 4.42 Å². The molecule has 0 aliphatic carbocycles. The number of pyridine rings is 1. The Morgan fingerprint density at radius 1 is 1.00 bits per heavy atom. The van der Waals surface area contributed by atoms with Gasteiger partial charge in [0, 0.05) is 10.9 Å². The van der Waals surface area contributed by atoms with Crippen LogP contribution < -0.4 is 5.32 Å². The second kappa shape index (κ2) is 6.57. The number of amides is 1. The molecule has 4 rings (SSSR count). The molecule has 0 spiro atoms. The lowest BCUT2D eigenvalue weighted by atomic mass is 10.1. The number of hydrogen-bond acceptors (Lipinski definition) is 4. The molecule has 5 nitrogen and oxygen atoms in total. The lowest BCUT2D eigenvalue weighted by Crippen LogP contribution is -2.23. The number of oxazole rings is 1. The highest BCUT2D eigenvalue weighted by atomic mass is 16.3. The van der Waals surface area contributed by atoms with Gasteiger partial charge in [0.1, 0.15) is 0 Å². The number of nitrogens with zero attached hydrogens (tertiary/aromatic N) is 2. The summed E-state index contributed by atoms with van der Waals surface area (Å²) in [5, 5.41) is 4.00. The van der Waals surface area contributed by atoms with Gasteiger partial charge in [0.2, 0.25) is 0 Å². The minimum atomic E-state index is -0.179. The first-order valence-electron chi connectivity index (χ1n) is 7.92. The van der Waals surface area contributed by atoms with E-state index >= 15 is 0 Å². The first-order valence-corrected chi connectivity index (χ1v) is 7.92. The van der Waals surface area contributed by atoms with Gasteiger partial charge in [-0.25, -0.2) is 4.98 Å². The van der Waals surface area contributed by atoms with E-state index < -0.39 is 0 Å². The minimum Gasteiger partial charge on any atom is -0.443 e. The van der Waals surface area contributed by atoms with Crippen molar-refractivity contribution in [3.8, 4) is 11.3 Å². The summed E-state index contributed by atoms with van der Waals surface area (Å²) in [4.78, 5) is 21.1. The van der Waals surface area contributed by atoms with Gasteiger partial charge in [-0.15, -0.1) is 0 Å². The number of carbonyl (C=O) groups excluding carboxylic acids is 1. The molecule has 122 valence electrons. The fourth-order valence-electron chi connectivity index (χ4n) is 2.72. The largest absolute Gasteiger partial charge is 0.443 e. The Bertz CT molecular complexity index is 1030. The highest BCUT2D eigenvalue weighted by molar-refractivity contribution is 6.00. The number of para-hydroxylation sites is 1. The van der Waals surface area contributed by atoms with Crippen molar-refractivity contribution in [2.24, 2.45) is 0 Å². The van der Waals surface area contributed by atoms with Crippen LogP contribution in [-0.2, 0) is 6.54 Å². The Morgan fingerprint density at radius 3 is 2.72 bits per heavy atom. The number of benzene rings is 2. The van der Waals surface area contributed by atoms with Crippen LogP contribution in [0.15, 0.2) is 77.7 Å². The van der Waals surface area contributed by atoms with E-state index in [9.17, 15) is 4.79 Å². The predicted octanol–water partition coefficient (Wildman–Crippen LogP) is 3.82. The van der Waals surface area contributed by atoms with Crippen LogP contribution in [-0.4, -0.2) is 15.9 Å². The standard InChI is InChI=1S/C20H15N3O2/c24-20(17-7-3-2-6-16(17)19-12-21-13-25-19)22-11-15-10-9-14-5-1-4-8-18(14)23-15/h1-10,12-13H,11H2,(H,22,24). The lowest BCUT2D eigenvalue weighted by molar-refractivity contribution is 0.0951. The van der Waals surface area contributed by atoms with Gasteiger partial charge >= 0.3 is 0 Å². The zero-order chi connectivity index (χ0) is 17.1. The molecular weight excluding hydrogens is 314 g/mol. The van der Waals surface area contributed by atoms with Crippen molar-refractivity contribution in [2.45, 2.75) is 6.54 Å². The minimum absolute atomic E-state index is 0.179. The van der Waals surface area contributed by atoms with Gasteiger partial charge < -0.3 is 9.73 Å². The summed E-state index contributed by atoms with van der Waals surface area (Å²) >= 11 is 0. The highest BCUT2D eigenvalue weighted by Crippen LogP contribution is 2.23. The van der Waals surface area contributed by atoms with Crippen LogP contribution in [0.4, 0.5) is 0 Å². The zero-order valence-corrected chi connectivity index (χ0v) is 13.3. The molecule has 0 aliphatic heterocycles. The van der Waals surface area contributed by atoms with Crippen LogP contribution in [0.5, 0.6) is 0 Å². The number of fused-ring (bicyclic) bond motifs is 1. The molecule has 0 atom stereocenters. The van der Waals surface area contributed by atoms with E-state index in [1.165, 1.54) is 6.39 Å². The first kappa shape index (κ1) is 15.1. The normalized spacial score (nSPS) is 10.7. The van der Waals surface area contributed by atoms with Crippen LogP contribution in [0.3, 0.4) is 0 Å². The summed E-state index contributed by atoms with van der Waals surface area (Å²) in [6, 6.07) is 19.1. The third kappa shape index (κ3) is 3.12. The lowest BCUT2D eigenvalue weighted by Gasteiger charge is -2.09. The molecule has 1 amide bonds. The van der Waals surface area contributed by atoms with Gasteiger partial charge in [-0.2, -0.15) is 0 Å².